The Kier molecular flexibility index (Phi) is 4.31. The highest BCUT2D eigenvalue weighted by Gasteiger charge is 2.03. The number of hydrogen-bond donors (Lipinski definition) is 1. The Bertz CT molecular complexity index is 485. The molecule has 2 aromatic rings. The predicted octanol–water partition coefficient (Wildman–Crippen LogP) is 2.25. The molecule has 2 rings (SSSR count). The average Bonchev–Trinajstić information content (AvgIpc) is 2.46. The fourth-order valence-electron chi connectivity index (χ4n) is 1.82. The highest BCUT2D eigenvalue weighted by atomic mass is 16.3. The highest BCUT2D eigenvalue weighted by Crippen LogP contribution is 2.11. The van der Waals surface area contributed by atoms with Gasteiger partial charge < -0.3 is 10.0 Å². The number of rotatable bonds is 5. The van der Waals surface area contributed by atoms with Crippen molar-refractivity contribution in [2.45, 2.75) is 13.0 Å². The minimum absolute atomic E-state index is 0.0135. The largest absolute Gasteiger partial charge is 0.390 e. The first-order valence-electron chi connectivity index (χ1n) is 6.11. The van der Waals surface area contributed by atoms with Crippen molar-refractivity contribution in [1.29, 1.82) is 0 Å². The molecule has 0 aliphatic carbocycles. The molecule has 3 nitrogen and oxygen atoms in total. The van der Waals surface area contributed by atoms with E-state index in [0.717, 1.165) is 18.8 Å². The summed E-state index contributed by atoms with van der Waals surface area (Å²) >= 11 is 0. The van der Waals surface area contributed by atoms with Crippen LogP contribution in [0.15, 0.2) is 48.5 Å². The van der Waals surface area contributed by atoms with Crippen LogP contribution >= 0.6 is 0 Å². The predicted molar refractivity (Wildman–Crippen MR) is 73.6 cm³/mol. The van der Waals surface area contributed by atoms with Crippen LogP contribution < -0.4 is 4.90 Å². The van der Waals surface area contributed by atoms with Gasteiger partial charge in [-0.2, -0.15) is 0 Å². The fraction of sp³-hybridized carbons (Fsp3) is 0.267. The summed E-state index contributed by atoms with van der Waals surface area (Å²) in [6.07, 6.45) is 0.988. The van der Waals surface area contributed by atoms with Crippen molar-refractivity contribution in [2.24, 2.45) is 0 Å². The zero-order valence-electron chi connectivity index (χ0n) is 10.6. The molecule has 0 fully saturated rings. The lowest BCUT2D eigenvalue weighted by atomic mass is 10.1. The van der Waals surface area contributed by atoms with E-state index in [9.17, 15) is 0 Å². The lowest BCUT2D eigenvalue weighted by Gasteiger charge is -2.18. The topological polar surface area (TPSA) is 36.4 Å². The molecule has 0 spiro atoms. The van der Waals surface area contributed by atoms with Gasteiger partial charge in [0.1, 0.15) is 5.82 Å². The summed E-state index contributed by atoms with van der Waals surface area (Å²) in [7, 11) is 2.02. The van der Waals surface area contributed by atoms with Gasteiger partial charge in [-0.15, -0.1) is 0 Å². The van der Waals surface area contributed by atoms with Crippen LogP contribution in [-0.4, -0.2) is 23.7 Å². The Morgan fingerprint density at radius 1 is 1.06 bits per heavy atom. The van der Waals surface area contributed by atoms with Gasteiger partial charge in [0.2, 0.25) is 0 Å². The van der Waals surface area contributed by atoms with Crippen LogP contribution in [0.25, 0.3) is 0 Å². The van der Waals surface area contributed by atoms with E-state index in [0.29, 0.717) is 5.69 Å². The Morgan fingerprint density at radius 3 is 2.56 bits per heavy atom. The summed E-state index contributed by atoms with van der Waals surface area (Å²) < 4.78 is 0. The molecule has 1 heterocycles. The number of aromatic nitrogens is 1. The van der Waals surface area contributed by atoms with Crippen LogP contribution in [0.5, 0.6) is 0 Å². The maximum atomic E-state index is 9.07. The average molecular weight is 242 g/mol. The molecule has 0 saturated carbocycles. The van der Waals surface area contributed by atoms with Gasteiger partial charge in [0, 0.05) is 13.6 Å². The molecule has 1 N–H and O–H groups in total. The number of aliphatic hydroxyl groups excluding tert-OH is 1. The zero-order chi connectivity index (χ0) is 12.8. The molecular weight excluding hydrogens is 224 g/mol. The van der Waals surface area contributed by atoms with Crippen LogP contribution in [-0.2, 0) is 13.0 Å². The summed E-state index contributed by atoms with van der Waals surface area (Å²) in [5.41, 5.74) is 2.03. The van der Waals surface area contributed by atoms with Gasteiger partial charge in [0.25, 0.3) is 0 Å². The van der Waals surface area contributed by atoms with E-state index in [2.05, 4.69) is 34.1 Å². The molecule has 1 aromatic carbocycles. The van der Waals surface area contributed by atoms with E-state index in [4.69, 9.17) is 5.11 Å². The minimum atomic E-state index is -0.0135. The van der Waals surface area contributed by atoms with Crippen molar-refractivity contribution in [3.8, 4) is 0 Å². The number of aliphatic hydroxyl groups is 1. The highest BCUT2D eigenvalue weighted by molar-refractivity contribution is 5.38. The first-order valence-corrected chi connectivity index (χ1v) is 6.11. The number of hydrogen-bond acceptors (Lipinski definition) is 3. The van der Waals surface area contributed by atoms with Gasteiger partial charge >= 0.3 is 0 Å². The Hall–Kier alpha value is -1.87. The Balaban J connectivity index is 1.97. The maximum absolute atomic E-state index is 9.07. The van der Waals surface area contributed by atoms with E-state index < -0.39 is 0 Å². The number of likely N-dealkylation sites (N-methyl/N-ethyl adjacent to an activating group) is 1. The molecule has 0 aliphatic heterocycles. The maximum Gasteiger partial charge on any atom is 0.128 e. The molecule has 0 atom stereocenters. The molecule has 0 radical (unpaired) electrons. The first-order chi connectivity index (χ1) is 8.79. The minimum Gasteiger partial charge on any atom is -0.390 e. The second-order valence-electron chi connectivity index (χ2n) is 4.30. The first kappa shape index (κ1) is 12.6. The van der Waals surface area contributed by atoms with Crippen molar-refractivity contribution in [3.63, 3.8) is 0 Å². The van der Waals surface area contributed by atoms with E-state index in [1.54, 1.807) is 0 Å². The summed E-state index contributed by atoms with van der Waals surface area (Å²) in [5.74, 6) is 0.900. The Labute approximate surface area is 108 Å². The lowest BCUT2D eigenvalue weighted by Crippen LogP contribution is -2.21. The molecule has 0 bridgehead atoms. The van der Waals surface area contributed by atoms with Crippen molar-refractivity contribution in [1.82, 2.24) is 4.98 Å². The second-order valence-corrected chi connectivity index (χ2v) is 4.30. The smallest absolute Gasteiger partial charge is 0.128 e. The van der Waals surface area contributed by atoms with Gasteiger partial charge in [-0.05, 0) is 24.1 Å². The normalized spacial score (nSPS) is 10.3. The van der Waals surface area contributed by atoms with Crippen LogP contribution in [0.3, 0.4) is 0 Å². The number of nitrogens with zero attached hydrogens (tertiary/aromatic N) is 2. The molecule has 94 valence electrons. The molecule has 1 aromatic heterocycles. The standard InChI is InChI=1S/C15H18N2O/c1-17(11-10-13-6-3-2-4-7-13)15-9-5-8-14(12-18)16-15/h2-9,18H,10-12H2,1H3. The van der Waals surface area contributed by atoms with Gasteiger partial charge in [-0.1, -0.05) is 36.4 Å². The molecule has 0 saturated heterocycles. The summed E-state index contributed by atoms with van der Waals surface area (Å²) in [6, 6.07) is 16.1. The molecule has 0 aliphatic rings. The number of anilines is 1. The molecule has 0 unspecified atom stereocenters. The summed E-state index contributed by atoms with van der Waals surface area (Å²) in [6.45, 7) is 0.895. The van der Waals surface area contributed by atoms with Gasteiger partial charge in [0.05, 0.1) is 12.3 Å². The third kappa shape index (κ3) is 3.31. The fourth-order valence-corrected chi connectivity index (χ4v) is 1.82. The van der Waals surface area contributed by atoms with Crippen LogP contribution in [0.2, 0.25) is 0 Å². The molecular formula is C15H18N2O. The zero-order valence-corrected chi connectivity index (χ0v) is 10.6. The monoisotopic (exact) mass is 242 g/mol. The summed E-state index contributed by atoms with van der Waals surface area (Å²) in [5, 5.41) is 9.07. The molecule has 0 amide bonds. The lowest BCUT2D eigenvalue weighted by molar-refractivity contribution is 0.277. The van der Waals surface area contributed by atoms with Crippen molar-refractivity contribution < 1.29 is 5.11 Å². The van der Waals surface area contributed by atoms with Crippen molar-refractivity contribution in [3.05, 3.63) is 59.8 Å². The van der Waals surface area contributed by atoms with Crippen LogP contribution in [0.4, 0.5) is 5.82 Å². The third-order valence-electron chi connectivity index (χ3n) is 2.92. The van der Waals surface area contributed by atoms with Crippen LogP contribution in [0.1, 0.15) is 11.3 Å². The number of pyridine rings is 1. The number of benzene rings is 1. The van der Waals surface area contributed by atoms with E-state index in [-0.39, 0.29) is 6.61 Å². The van der Waals surface area contributed by atoms with Gasteiger partial charge in [-0.25, -0.2) is 4.98 Å². The van der Waals surface area contributed by atoms with Gasteiger partial charge in [0.15, 0.2) is 0 Å². The Morgan fingerprint density at radius 2 is 1.83 bits per heavy atom. The SMILES string of the molecule is CN(CCc1ccccc1)c1cccc(CO)n1. The third-order valence-corrected chi connectivity index (χ3v) is 2.92. The quantitative estimate of drug-likeness (QED) is 0.873. The van der Waals surface area contributed by atoms with Gasteiger partial charge in [-0.3, -0.25) is 0 Å². The van der Waals surface area contributed by atoms with E-state index in [1.807, 2.05) is 31.3 Å². The summed E-state index contributed by atoms with van der Waals surface area (Å²) in [4.78, 5) is 6.48. The molecule has 3 heteroatoms. The van der Waals surface area contributed by atoms with E-state index >= 15 is 0 Å². The van der Waals surface area contributed by atoms with Crippen molar-refractivity contribution >= 4 is 5.82 Å². The van der Waals surface area contributed by atoms with E-state index in [1.165, 1.54) is 5.56 Å². The van der Waals surface area contributed by atoms with Crippen molar-refractivity contribution in [2.75, 3.05) is 18.5 Å². The molecule has 18 heavy (non-hydrogen) atoms. The second kappa shape index (κ2) is 6.17. The van der Waals surface area contributed by atoms with Crippen LogP contribution in [0, 0.1) is 0 Å².